The highest BCUT2D eigenvalue weighted by Gasteiger charge is 2.21. The second kappa shape index (κ2) is 7.29. The van der Waals surface area contributed by atoms with Gasteiger partial charge in [0.15, 0.2) is 0 Å². The molecule has 1 saturated heterocycles. The van der Waals surface area contributed by atoms with Gasteiger partial charge in [0.1, 0.15) is 21.5 Å². The van der Waals surface area contributed by atoms with Crippen molar-refractivity contribution in [2.24, 2.45) is 0 Å². The lowest BCUT2D eigenvalue weighted by Crippen LogP contribution is -2.33. The van der Waals surface area contributed by atoms with E-state index in [-0.39, 0.29) is 10.6 Å². The van der Waals surface area contributed by atoms with Crippen molar-refractivity contribution in [3.63, 3.8) is 0 Å². The number of piperidine rings is 1. The molecule has 1 aromatic heterocycles. The molecule has 0 unspecified atom stereocenters. The highest BCUT2D eigenvalue weighted by atomic mass is 32.1. The fourth-order valence-electron chi connectivity index (χ4n) is 2.43. The SMILES string of the molecule is COC(=O)c1sc(NCCN2CCCCC2)c(C#N)c1N. The molecule has 2 heterocycles. The molecular weight excluding hydrogens is 288 g/mol. The van der Waals surface area contributed by atoms with Crippen LogP contribution in [0, 0.1) is 11.3 Å². The molecule has 1 aromatic rings. The molecule has 0 bridgehead atoms. The van der Waals surface area contributed by atoms with Crippen LogP contribution in [0.2, 0.25) is 0 Å². The van der Waals surface area contributed by atoms with Gasteiger partial charge >= 0.3 is 5.97 Å². The van der Waals surface area contributed by atoms with Gasteiger partial charge < -0.3 is 20.7 Å². The number of methoxy groups -OCH3 is 1. The summed E-state index contributed by atoms with van der Waals surface area (Å²) in [5, 5.41) is 13.1. The summed E-state index contributed by atoms with van der Waals surface area (Å²) in [6.45, 7) is 3.92. The standard InChI is InChI=1S/C14H20N4O2S/c1-20-14(19)12-11(16)10(9-15)13(21-12)17-5-8-18-6-3-2-4-7-18/h17H,2-8,16H2,1H3. The molecule has 0 amide bonds. The van der Waals surface area contributed by atoms with Gasteiger partial charge in [-0.2, -0.15) is 5.26 Å². The van der Waals surface area contributed by atoms with E-state index in [1.165, 1.54) is 37.7 Å². The summed E-state index contributed by atoms with van der Waals surface area (Å²) in [7, 11) is 1.30. The van der Waals surface area contributed by atoms with Crippen molar-refractivity contribution in [1.29, 1.82) is 5.26 Å². The predicted octanol–water partition coefficient (Wildman–Crippen LogP) is 1.89. The maximum Gasteiger partial charge on any atom is 0.350 e. The number of nitrogens with two attached hydrogens (primary N) is 1. The Bertz CT molecular complexity index is 544. The number of likely N-dealkylation sites (tertiary alicyclic amines) is 1. The molecule has 2 rings (SSSR count). The van der Waals surface area contributed by atoms with Crippen molar-refractivity contribution >= 4 is 28.0 Å². The molecule has 3 N–H and O–H groups in total. The van der Waals surface area contributed by atoms with E-state index in [0.717, 1.165) is 26.2 Å². The zero-order valence-corrected chi connectivity index (χ0v) is 13.0. The van der Waals surface area contributed by atoms with Crippen LogP contribution in [0.3, 0.4) is 0 Å². The molecule has 0 atom stereocenters. The smallest absolute Gasteiger partial charge is 0.350 e. The van der Waals surface area contributed by atoms with Crippen LogP contribution in [0.5, 0.6) is 0 Å². The summed E-state index contributed by atoms with van der Waals surface area (Å²) in [6, 6.07) is 2.05. The Hall–Kier alpha value is -1.78. The van der Waals surface area contributed by atoms with Crippen molar-refractivity contribution in [2.45, 2.75) is 19.3 Å². The lowest BCUT2D eigenvalue weighted by Gasteiger charge is -2.26. The molecular formula is C14H20N4O2S. The third-order valence-corrected chi connectivity index (χ3v) is 4.73. The summed E-state index contributed by atoms with van der Waals surface area (Å²) < 4.78 is 4.68. The quantitative estimate of drug-likeness (QED) is 0.807. The Morgan fingerprint density at radius 1 is 1.48 bits per heavy atom. The average Bonchev–Trinajstić information content (AvgIpc) is 2.83. The number of hydrogen-bond acceptors (Lipinski definition) is 7. The van der Waals surface area contributed by atoms with Gasteiger partial charge in [-0.05, 0) is 25.9 Å². The van der Waals surface area contributed by atoms with Crippen molar-refractivity contribution in [1.82, 2.24) is 4.90 Å². The molecule has 21 heavy (non-hydrogen) atoms. The first-order valence-corrected chi connectivity index (χ1v) is 7.86. The van der Waals surface area contributed by atoms with E-state index < -0.39 is 5.97 Å². The number of carbonyl (C=O) groups excluding carboxylic acids is 1. The van der Waals surface area contributed by atoms with Gasteiger partial charge in [0, 0.05) is 13.1 Å². The summed E-state index contributed by atoms with van der Waals surface area (Å²) in [5.41, 5.74) is 6.38. The minimum atomic E-state index is -0.502. The molecule has 1 fully saturated rings. The topological polar surface area (TPSA) is 91.4 Å². The lowest BCUT2D eigenvalue weighted by molar-refractivity contribution is 0.0607. The Morgan fingerprint density at radius 2 is 2.19 bits per heavy atom. The number of hydrogen-bond donors (Lipinski definition) is 2. The number of nitriles is 1. The molecule has 1 aliphatic rings. The lowest BCUT2D eigenvalue weighted by atomic mass is 10.1. The summed E-state index contributed by atoms with van der Waals surface area (Å²) in [6.07, 6.45) is 3.82. The largest absolute Gasteiger partial charge is 0.465 e. The third-order valence-electron chi connectivity index (χ3n) is 3.59. The normalized spacial score (nSPS) is 15.4. The summed E-state index contributed by atoms with van der Waals surface area (Å²) in [5.74, 6) is -0.502. The Labute approximate surface area is 128 Å². The van der Waals surface area contributed by atoms with E-state index in [1.54, 1.807) is 0 Å². The van der Waals surface area contributed by atoms with Gasteiger partial charge in [-0.1, -0.05) is 6.42 Å². The molecule has 6 nitrogen and oxygen atoms in total. The van der Waals surface area contributed by atoms with E-state index >= 15 is 0 Å². The minimum absolute atomic E-state index is 0.204. The van der Waals surface area contributed by atoms with Gasteiger partial charge in [-0.25, -0.2) is 4.79 Å². The van der Waals surface area contributed by atoms with Gasteiger partial charge in [-0.3, -0.25) is 0 Å². The highest BCUT2D eigenvalue weighted by molar-refractivity contribution is 7.18. The number of nitrogens with zero attached hydrogens (tertiary/aromatic N) is 2. The van der Waals surface area contributed by atoms with Crippen LogP contribution >= 0.6 is 11.3 Å². The average molecular weight is 308 g/mol. The van der Waals surface area contributed by atoms with Crippen molar-refractivity contribution in [3.8, 4) is 6.07 Å². The molecule has 1 aliphatic heterocycles. The predicted molar refractivity (Wildman–Crippen MR) is 83.6 cm³/mol. The number of rotatable bonds is 5. The number of anilines is 2. The Morgan fingerprint density at radius 3 is 2.81 bits per heavy atom. The number of nitrogen functional groups attached to an aromatic ring is 1. The number of ether oxygens (including phenoxy) is 1. The number of nitrogens with one attached hydrogen (secondary N) is 1. The van der Waals surface area contributed by atoms with Crippen LogP contribution in [0.25, 0.3) is 0 Å². The first-order valence-electron chi connectivity index (χ1n) is 7.04. The summed E-state index contributed by atoms with van der Waals surface area (Å²) >= 11 is 1.18. The third kappa shape index (κ3) is 3.65. The fourth-order valence-corrected chi connectivity index (χ4v) is 3.45. The van der Waals surface area contributed by atoms with Gasteiger partial charge in [-0.15, -0.1) is 11.3 Å². The second-order valence-electron chi connectivity index (χ2n) is 4.98. The number of carbonyl (C=O) groups is 1. The van der Waals surface area contributed by atoms with Crippen molar-refractivity contribution in [2.75, 3.05) is 44.3 Å². The van der Waals surface area contributed by atoms with Crippen LogP contribution in [0.1, 0.15) is 34.5 Å². The monoisotopic (exact) mass is 308 g/mol. The summed E-state index contributed by atoms with van der Waals surface area (Å²) in [4.78, 5) is 14.3. The first-order chi connectivity index (χ1) is 10.2. The van der Waals surface area contributed by atoms with Crippen LogP contribution in [0.15, 0.2) is 0 Å². The van der Waals surface area contributed by atoms with E-state index in [9.17, 15) is 10.1 Å². The number of thiophene rings is 1. The molecule has 0 spiro atoms. The molecule has 0 saturated carbocycles. The zero-order valence-electron chi connectivity index (χ0n) is 12.1. The molecule has 0 radical (unpaired) electrons. The van der Waals surface area contributed by atoms with E-state index in [0.29, 0.717) is 10.6 Å². The van der Waals surface area contributed by atoms with E-state index in [2.05, 4.69) is 21.0 Å². The van der Waals surface area contributed by atoms with Gasteiger partial charge in [0.25, 0.3) is 0 Å². The minimum Gasteiger partial charge on any atom is -0.465 e. The zero-order chi connectivity index (χ0) is 15.2. The Kier molecular flexibility index (Phi) is 5.42. The molecule has 0 aliphatic carbocycles. The van der Waals surface area contributed by atoms with Crippen LogP contribution in [0.4, 0.5) is 10.7 Å². The first kappa shape index (κ1) is 15.6. The fraction of sp³-hybridized carbons (Fsp3) is 0.571. The Balaban J connectivity index is 1.99. The van der Waals surface area contributed by atoms with Crippen molar-refractivity contribution < 1.29 is 9.53 Å². The number of esters is 1. The van der Waals surface area contributed by atoms with Crippen LogP contribution in [-0.4, -0.2) is 44.2 Å². The van der Waals surface area contributed by atoms with Gasteiger partial charge in [0.05, 0.1) is 12.8 Å². The highest BCUT2D eigenvalue weighted by Crippen LogP contribution is 2.35. The van der Waals surface area contributed by atoms with E-state index in [1.807, 2.05) is 0 Å². The maximum atomic E-state index is 11.6. The van der Waals surface area contributed by atoms with Gasteiger partial charge in [0.2, 0.25) is 0 Å². The molecule has 0 aromatic carbocycles. The van der Waals surface area contributed by atoms with Crippen LogP contribution < -0.4 is 11.1 Å². The van der Waals surface area contributed by atoms with Crippen molar-refractivity contribution in [3.05, 3.63) is 10.4 Å². The van der Waals surface area contributed by atoms with Crippen LogP contribution in [-0.2, 0) is 4.74 Å². The molecule has 114 valence electrons. The second-order valence-corrected chi connectivity index (χ2v) is 6.00. The molecule has 7 heteroatoms. The maximum absolute atomic E-state index is 11.6. The van der Waals surface area contributed by atoms with E-state index in [4.69, 9.17) is 5.73 Å².